The molecular formula is C17H12F4N2O3. The lowest BCUT2D eigenvalue weighted by Crippen LogP contribution is -2.39. The SMILES string of the molecule is Cc1ccc2c(c1)NC(=O)[C@H](CC(=O)Nc1c(F)c(F)cc(F)c1F)O2. The van der Waals surface area contributed by atoms with E-state index in [4.69, 9.17) is 4.74 Å². The Kier molecular flexibility index (Phi) is 4.54. The maximum Gasteiger partial charge on any atom is 0.266 e. The Balaban J connectivity index is 1.75. The molecule has 0 aromatic heterocycles. The fraction of sp³-hybridized carbons (Fsp3) is 0.176. The minimum absolute atomic E-state index is 0.0247. The standard InChI is InChI=1S/C17H12F4N2O3/c1-7-2-3-11-10(4-7)22-17(25)12(26-11)6-13(24)23-16-14(20)8(18)5-9(19)15(16)21/h2-5,12H,6H2,1H3,(H,22,25)(H,23,24)/t12-/m0/s1. The van der Waals surface area contributed by atoms with Gasteiger partial charge in [0.2, 0.25) is 5.91 Å². The smallest absolute Gasteiger partial charge is 0.266 e. The molecule has 0 saturated carbocycles. The third-order valence-electron chi connectivity index (χ3n) is 3.70. The third-order valence-corrected chi connectivity index (χ3v) is 3.70. The molecule has 1 atom stereocenters. The van der Waals surface area contributed by atoms with E-state index in [1.807, 2.05) is 6.92 Å². The fourth-order valence-corrected chi connectivity index (χ4v) is 2.44. The van der Waals surface area contributed by atoms with Crippen LogP contribution >= 0.6 is 0 Å². The predicted octanol–water partition coefficient (Wildman–Crippen LogP) is 3.28. The molecule has 0 bridgehead atoms. The number of fused-ring (bicyclic) bond motifs is 1. The summed E-state index contributed by atoms with van der Waals surface area (Å²) in [6, 6.07) is 5.02. The second kappa shape index (κ2) is 6.66. The van der Waals surface area contributed by atoms with Crippen LogP contribution in [0.3, 0.4) is 0 Å². The van der Waals surface area contributed by atoms with Gasteiger partial charge >= 0.3 is 0 Å². The number of halogens is 4. The molecule has 2 aromatic carbocycles. The lowest BCUT2D eigenvalue weighted by Gasteiger charge is -2.25. The molecule has 1 heterocycles. The highest BCUT2D eigenvalue weighted by atomic mass is 19.2. The van der Waals surface area contributed by atoms with E-state index in [9.17, 15) is 27.2 Å². The Bertz CT molecular complexity index is 891. The van der Waals surface area contributed by atoms with Gasteiger partial charge in [-0.2, -0.15) is 0 Å². The second-order valence-electron chi connectivity index (χ2n) is 5.69. The summed E-state index contributed by atoms with van der Waals surface area (Å²) in [6.07, 6.45) is -1.88. The van der Waals surface area contributed by atoms with Gasteiger partial charge in [-0.1, -0.05) is 6.07 Å². The van der Waals surface area contributed by atoms with E-state index >= 15 is 0 Å². The number of nitrogens with one attached hydrogen (secondary N) is 2. The van der Waals surface area contributed by atoms with Crippen molar-refractivity contribution in [3.05, 3.63) is 53.1 Å². The largest absolute Gasteiger partial charge is 0.478 e. The van der Waals surface area contributed by atoms with Crippen LogP contribution in [-0.2, 0) is 9.59 Å². The van der Waals surface area contributed by atoms with Crippen molar-refractivity contribution >= 4 is 23.2 Å². The van der Waals surface area contributed by atoms with Gasteiger partial charge in [-0.25, -0.2) is 17.6 Å². The van der Waals surface area contributed by atoms with Crippen LogP contribution < -0.4 is 15.4 Å². The van der Waals surface area contributed by atoms with Gasteiger partial charge in [0.1, 0.15) is 11.4 Å². The summed E-state index contributed by atoms with van der Waals surface area (Å²) >= 11 is 0. The molecule has 3 rings (SSSR count). The van der Waals surface area contributed by atoms with Crippen molar-refractivity contribution in [1.29, 1.82) is 0 Å². The van der Waals surface area contributed by atoms with Crippen molar-refractivity contribution < 1.29 is 31.9 Å². The molecule has 1 aliphatic heterocycles. The number of amides is 2. The van der Waals surface area contributed by atoms with Gasteiger partial charge in [-0.3, -0.25) is 9.59 Å². The quantitative estimate of drug-likeness (QED) is 0.645. The molecule has 2 amide bonds. The van der Waals surface area contributed by atoms with Crippen molar-refractivity contribution in [2.45, 2.75) is 19.4 Å². The normalized spacial score (nSPS) is 15.7. The molecule has 0 aliphatic carbocycles. The maximum atomic E-state index is 13.6. The highest BCUT2D eigenvalue weighted by Crippen LogP contribution is 2.31. The molecule has 26 heavy (non-hydrogen) atoms. The average Bonchev–Trinajstić information content (AvgIpc) is 2.58. The van der Waals surface area contributed by atoms with Crippen molar-refractivity contribution in [3.63, 3.8) is 0 Å². The summed E-state index contributed by atoms with van der Waals surface area (Å²) in [5, 5.41) is 4.28. The summed E-state index contributed by atoms with van der Waals surface area (Å²) in [7, 11) is 0. The van der Waals surface area contributed by atoms with Crippen molar-refractivity contribution in [2.75, 3.05) is 10.6 Å². The number of ether oxygens (including phenoxy) is 1. The average molecular weight is 368 g/mol. The van der Waals surface area contributed by atoms with E-state index < -0.39 is 53.3 Å². The Labute approximate surface area is 145 Å². The van der Waals surface area contributed by atoms with Gasteiger partial charge in [0.25, 0.3) is 5.91 Å². The molecule has 0 saturated heterocycles. The zero-order valence-corrected chi connectivity index (χ0v) is 13.3. The van der Waals surface area contributed by atoms with Crippen LogP contribution in [0.15, 0.2) is 24.3 Å². The van der Waals surface area contributed by atoms with Gasteiger partial charge in [-0.05, 0) is 24.6 Å². The topological polar surface area (TPSA) is 67.4 Å². The number of benzene rings is 2. The molecule has 2 N–H and O–H groups in total. The van der Waals surface area contributed by atoms with Crippen molar-refractivity contribution in [2.24, 2.45) is 0 Å². The molecule has 0 unspecified atom stereocenters. The van der Waals surface area contributed by atoms with Gasteiger partial charge in [0, 0.05) is 6.07 Å². The van der Waals surface area contributed by atoms with Gasteiger partial charge in [-0.15, -0.1) is 0 Å². The Morgan fingerprint density at radius 3 is 2.46 bits per heavy atom. The fourth-order valence-electron chi connectivity index (χ4n) is 2.44. The third kappa shape index (κ3) is 3.32. The van der Waals surface area contributed by atoms with E-state index in [1.165, 1.54) is 0 Å². The van der Waals surface area contributed by atoms with Crippen LogP contribution in [0.5, 0.6) is 5.75 Å². The Hall–Kier alpha value is -3.10. The molecule has 9 heteroatoms. The number of hydrogen-bond donors (Lipinski definition) is 2. The highest BCUT2D eigenvalue weighted by Gasteiger charge is 2.31. The first-order valence-corrected chi connectivity index (χ1v) is 7.47. The van der Waals surface area contributed by atoms with Crippen molar-refractivity contribution in [1.82, 2.24) is 0 Å². The number of carbonyl (C=O) groups excluding carboxylic acids is 2. The van der Waals surface area contributed by atoms with E-state index in [2.05, 4.69) is 5.32 Å². The van der Waals surface area contributed by atoms with Crippen LogP contribution in [0.25, 0.3) is 0 Å². The van der Waals surface area contributed by atoms with Crippen LogP contribution in [-0.4, -0.2) is 17.9 Å². The Morgan fingerprint density at radius 1 is 1.15 bits per heavy atom. The van der Waals surface area contributed by atoms with E-state index in [1.54, 1.807) is 23.5 Å². The van der Waals surface area contributed by atoms with Gasteiger partial charge < -0.3 is 15.4 Å². The molecule has 1 aliphatic rings. The minimum Gasteiger partial charge on any atom is -0.478 e. The van der Waals surface area contributed by atoms with E-state index in [-0.39, 0.29) is 6.07 Å². The molecule has 0 fully saturated rings. The minimum atomic E-state index is -1.74. The number of rotatable bonds is 3. The summed E-state index contributed by atoms with van der Waals surface area (Å²) in [6.45, 7) is 1.81. The first kappa shape index (κ1) is 17.7. The molecule has 0 spiro atoms. The molecule has 5 nitrogen and oxygen atoms in total. The zero-order chi connectivity index (χ0) is 19.0. The number of hydrogen-bond acceptors (Lipinski definition) is 3. The van der Waals surface area contributed by atoms with E-state index in [0.29, 0.717) is 11.4 Å². The molecular weight excluding hydrogens is 356 g/mol. The number of carbonyl (C=O) groups is 2. The zero-order valence-electron chi connectivity index (χ0n) is 13.3. The molecule has 136 valence electrons. The second-order valence-corrected chi connectivity index (χ2v) is 5.69. The summed E-state index contributed by atoms with van der Waals surface area (Å²) in [4.78, 5) is 24.0. The highest BCUT2D eigenvalue weighted by molar-refractivity contribution is 6.02. The van der Waals surface area contributed by atoms with Crippen molar-refractivity contribution in [3.8, 4) is 5.75 Å². The van der Waals surface area contributed by atoms with Gasteiger partial charge in [0.05, 0.1) is 12.1 Å². The molecule has 2 aromatic rings. The summed E-state index contributed by atoms with van der Waals surface area (Å²) in [5.41, 5.74) is 0.0404. The van der Waals surface area contributed by atoms with Crippen LogP contribution in [0.1, 0.15) is 12.0 Å². The molecule has 0 radical (unpaired) electrons. The lowest BCUT2D eigenvalue weighted by molar-refractivity contribution is -0.128. The first-order chi connectivity index (χ1) is 12.3. The summed E-state index contributed by atoms with van der Waals surface area (Å²) < 4.78 is 58.9. The van der Waals surface area contributed by atoms with Crippen LogP contribution in [0, 0.1) is 30.2 Å². The van der Waals surface area contributed by atoms with Crippen LogP contribution in [0.4, 0.5) is 28.9 Å². The first-order valence-electron chi connectivity index (χ1n) is 7.47. The van der Waals surface area contributed by atoms with E-state index in [0.717, 1.165) is 5.56 Å². The van der Waals surface area contributed by atoms with Crippen LogP contribution in [0.2, 0.25) is 0 Å². The monoisotopic (exact) mass is 368 g/mol. The number of anilines is 2. The predicted molar refractivity (Wildman–Crippen MR) is 83.7 cm³/mol. The number of aryl methyl sites for hydroxylation is 1. The van der Waals surface area contributed by atoms with Gasteiger partial charge in [0.15, 0.2) is 29.4 Å². The lowest BCUT2D eigenvalue weighted by atomic mass is 10.1. The maximum absolute atomic E-state index is 13.6. The summed E-state index contributed by atoms with van der Waals surface area (Å²) in [5.74, 6) is -8.17. The Morgan fingerprint density at radius 2 is 1.81 bits per heavy atom.